The Morgan fingerprint density at radius 1 is 0.719 bits per heavy atom. The number of hydrogen-bond donors (Lipinski definition) is 0. The third-order valence-electron chi connectivity index (χ3n) is 6.28. The molecule has 32 heavy (non-hydrogen) atoms. The third kappa shape index (κ3) is 3.83. The van der Waals surface area contributed by atoms with Crippen molar-refractivity contribution in [2.45, 2.75) is 18.4 Å². The second kappa shape index (κ2) is 9.02. The second-order valence-corrected chi connectivity index (χ2v) is 8.57. The van der Waals surface area contributed by atoms with Crippen LogP contribution >= 0.6 is 11.6 Å². The maximum atomic E-state index is 14.3. The summed E-state index contributed by atoms with van der Waals surface area (Å²) in [5.41, 5.74) is 5.40. The third-order valence-corrected chi connectivity index (χ3v) is 6.62. The van der Waals surface area contributed by atoms with Crippen LogP contribution in [0.25, 0.3) is 0 Å². The van der Waals surface area contributed by atoms with Crippen molar-refractivity contribution < 1.29 is 4.79 Å². The topological polar surface area (TPSA) is 20.3 Å². The number of amides is 1. The van der Waals surface area contributed by atoms with E-state index in [0.29, 0.717) is 11.6 Å². The van der Waals surface area contributed by atoms with Crippen molar-refractivity contribution in [2.75, 3.05) is 6.54 Å². The normalized spacial score (nSPS) is 15.4. The van der Waals surface area contributed by atoms with Gasteiger partial charge in [0.1, 0.15) is 0 Å². The van der Waals surface area contributed by atoms with Gasteiger partial charge in [-0.1, -0.05) is 115 Å². The molecular weight excluding hydrogens is 414 g/mol. The first kappa shape index (κ1) is 20.5. The number of carbonyl (C=O) groups excluding carboxylic acids is 1. The van der Waals surface area contributed by atoms with Gasteiger partial charge >= 0.3 is 0 Å². The molecule has 1 aliphatic rings. The lowest BCUT2D eigenvalue weighted by atomic mass is 9.84. The molecule has 2 nitrogen and oxygen atoms in total. The highest BCUT2D eigenvalue weighted by Crippen LogP contribution is 2.40. The van der Waals surface area contributed by atoms with Crippen LogP contribution in [-0.4, -0.2) is 17.4 Å². The molecule has 0 N–H and O–H groups in total. The molecule has 1 atom stereocenters. The minimum atomic E-state index is -0.368. The number of halogens is 1. The summed E-state index contributed by atoms with van der Waals surface area (Å²) in [7, 11) is 0. The smallest absolute Gasteiger partial charge is 0.235 e. The summed E-state index contributed by atoms with van der Waals surface area (Å²) in [4.78, 5) is 16.3. The Bertz CT molecular complexity index is 1180. The molecule has 0 bridgehead atoms. The first-order chi connectivity index (χ1) is 15.7. The molecule has 4 aromatic carbocycles. The van der Waals surface area contributed by atoms with Gasteiger partial charge in [-0.3, -0.25) is 4.79 Å². The van der Waals surface area contributed by atoms with Crippen molar-refractivity contribution in [3.05, 3.63) is 142 Å². The molecule has 0 spiro atoms. The van der Waals surface area contributed by atoms with Crippen molar-refractivity contribution in [3.8, 4) is 0 Å². The molecule has 1 aliphatic heterocycles. The van der Waals surface area contributed by atoms with Crippen molar-refractivity contribution in [1.29, 1.82) is 0 Å². The van der Waals surface area contributed by atoms with Gasteiger partial charge in [-0.25, -0.2) is 0 Å². The summed E-state index contributed by atoms with van der Waals surface area (Å²) in [6, 6.07) is 36.2. The Balaban J connectivity index is 1.64. The van der Waals surface area contributed by atoms with Gasteiger partial charge in [-0.05, 0) is 40.3 Å². The molecule has 0 fully saturated rings. The molecule has 0 aliphatic carbocycles. The van der Waals surface area contributed by atoms with Crippen LogP contribution in [0.5, 0.6) is 0 Å². The van der Waals surface area contributed by atoms with E-state index >= 15 is 0 Å². The molecule has 3 heteroatoms. The van der Waals surface area contributed by atoms with E-state index in [1.54, 1.807) is 0 Å². The van der Waals surface area contributed by atoms with Crippen LogP contribution in [0.15, 0.2) is 109 Å². The highest BCUT2D eigenvalue weighted by molar-refractivity contribution is 6.31. The summed E-state index contributed by atoms with van der Waals surface area (Å²) >= 11 is 6.67. The Labute approximate surface area is 194 Å². The lowest BCUT2D eigenvalue weighted by Gasteiger charge is -2.40. The summed E-state index contributed by atoms with van der Waals surface area (Å²) in [5, 5.41) is 0.683. The number of carbonyl (C=O) groups is 1. The van der Waals surface area contributed by atoms with E-state index in [1.165, 1.54) is 5.56 Å². The van der Waals surface area contributed by atoms with Gasteiger partial charge in [0.15, 0.2) is 0 Å². The minimum Gasteiger partial charge on any atom is -0.330 e. The number of benzene rings is 4. The summed E-state index contributed by atoms with van der Waals surface area (Å²) in [5.74, 6) is -0.269. The predicted molar refractivity (Wildman–Crippen MR) is 130 cm³/mol. The first-order valence-electron chi connectivity index (χ1n) is 11.0. The van der Waals surface area contributed by atoms with Crippen LogP contribution in [0.4, 0.5) is 0 Å². The largest absolute Gasteiger partial charge is 0.330 e. The van der Waals surface area contributed by atoms with Gasteiger partial charge < -0.3 is 4.90 Å². The highest BCUT2D eigenvalue weighted by atomic mass is 35.5. The van der Waals surface area contributed by atoms with E-state index in [-0.39, 0.29) is 17.9 Å². The van der Waals surface area contributed by atoms with Gasteiger partial charge in [0.2, 0.25) is 5.91 Å². The molecule has 0 aromatic heterocycles. The Kier molecular flexibility index (Phi) is 5.79. The van der Waals surface area contributed by atoms with Crippen LogP contribution in [0.1, 0.15) is 39.8 Å². The van der Waals surface area contributed by atoms with Gasteiger partial charge in [-0.15, -0.1) is 0 Å². The number of rotatable bonds is 4. The molecular formula is C29H24ClNO. The van der Waals surface area contributed by atoms with Crippen LogP contribution in [0.2, 0.25) is 5.02 Å². The quantitative estimate of drug-likeness (QED) is 0.350. The zero-order chi connectivity index (χ0) is 21.9. The van der Waals surface area contributed by atoms with Crippen LogP contribution < -0.4 is 0 Å². The summed E-state index contributed by atoms with van der Waals surface area (Å²) in [6.45, 7) is 0.655. The standard InChI is InChI=1S/C29H24ClNO/c30-26-18-10-9-17-25(26)28-24-16-8-7-11-21(24)19-20-31(28)29(32)27(22-12-3-1-4-13-22)23-14-5-2-6-15-23/h1-18,27-28H,19-20H2/t28-/m1/s1. The van der Waals surface area contributed by atoms with Crippen LogP contribution in [-0.2, 0) is 11.2 Å². The van der Waals surface area contributed by atoms with Crippen LogP contribution in [0.3, 0.4) is 0 Å². The molecule has 1 amide bonds. The molecule has 0 radical (unpaired) electrons. The van der Waals surface area contributed by atoms with Crippen LogP contribution in [0, 0.1) is 0 Å². The molecule has 4 aromatic rings. The number of fused-ring (bicyclic) bond motifs is 1. The van der Waals surface area contributed by atoms with Gasteiger partial charge in [-0.2, -0.15) is 0 Å². The maximum absolute atomic E-state index is 14.3. The van der Waals surface area contributed by atoms with E-state index in [0.717, 1.165) is 28.7 Å². The van der Waals surface area contributed by atoms with Crippen molar-refractivity contribution in [1.82, 2.24) is 4.90 Å². The molecule has 5 rings (SSSR count). The lowest BCUT2D eigenvalue weighted by Crippen LogP contribution is -2.43. The highest BCUT2D eigenvalue weighted by Gasteiger charge is 2.37. The molecule has 0 unspecified atom stereocenters. The summed E-state index contributed by atoms with van der Waals surface area (Å²) in [6.07, 6.45) is 0.833. The zero-order valence-electron chi connectivity index (χ0n) is 17.7. The Morgan fingerprint density at radius 2 is 1.25 bits per heavy atom. The van der Waals surface area contributed by atoms with E-state index in [2.05, 4.69) is 18.2 Å². The van der Waals surface area contributed by atoms with Crippen molar-refractivity contribution >= 4 is 17.5 Å². The Hall–Kier alpha value is -3.36. The lowest BCUT2D eigenvalue weighted by molar-refractivity contribution is -0.134. The van der Waals surface area contributed by atoms with E-state index < -0.39 is 0 Å². The molecule has 158 valence electrons. The fourth-order valence-corrected chi connectivity index (χ4v) is 5.01. The maximum Gasteiger partial charge on any atom is 0.235 e. The van der Waals surface area contributed by atoms with Gasteiger partial charge in [0.05, 0.1) is 12.0 Å². The monoisotopic (exact) mass is 437 g/mol. The van der Waals surface area contributed by atoms with Gasteiger partial charge in [0, 0.05) is 11.6 Å². The molecule has 0 saturated heterocycles. The van der Waals surface area contributed by atoms with E-state index in [4.69, 9.17) is 11.6 Å². The average molecular weight is 438 g/mol. The minimum absolute atomic E-state index is 0.0989. The van der Waals surface area contributed by atoms with Gasteiger partial charge in [0.25, 0.3) is 0 Å². The van der Waals surface area contributed by atoms with Crippen molar-refractivity contribution in [2.24, 2.45) is 0 Å². The van der Waals surface area contributed by atoms with Crippen molar-refractivity contribution in [3.63, 3.8) is 0 Å². The SMILES string of the molecule is O=C(C(c1ccccc1)c1ccccc1)N1CCc2ccccc2[C@@H]1c1ccccc1Cl. The summed E-state index contributed by atoms with van der Waals surface area (Å²) < 4.78 is 0. The molecule has 1 heterocycles. The fraction of sp³-hybridized carbons (Fsp3) is 0.138. The number of nitrogens with zero attached hydrogens (tertiary/aromatic N) is 1. The molecule has 0 saturated carbocycles. The van der Waals surface area contributed by atoms with E-state index in [9.17, 15) is 4.79 Å². The van der Waals surface area contributed by atoms with E-state index in [1.807, 2.05) is 95.9 Å². The predicted octanol–water partition coefficient (Wildman–Crippen LogP) is 6.65. The average Bonchev–Trinajstić information content (AvgIpc) is 2.85. The Morgan fingerprint density at radius 3 is 1.88 bits per heavy atom. The number of hydrogen-bond acceptors (Lipinski definition) is 1. The zero-order valence-corrected chi connectivity index (χ0v) is 18.5. The fourth-order valence-electron chi connectivity index (χ4n) is 4.77. The second-order valence-electron chi connectivity index (χ2n) is 8.16. The first-order valence-corrected chi connectivity index (χ1v) is 11.3.